The van der Waals surface area contributed by atoms with Crippen molar-refractivity contribution in [2.75, 3.05) is 7.05 Å². The number of hydrogen-bond donors (Lipinski definition) is 2. The van der Waals surface area contributed by atoms with Crippen LogP contribution in [0.4, 0.5) is 0 Å². The van der Waals surface area contributed by atoms with Crippen LogP contribution in [0.1, 0.15) is 29.2 Å². The maximum Gasteiger partial charge on any atom is 0.254 e. The first kappa shape index (κ1) is 21.0. The standard InChI is InChI=1S/C21H20ClN3O3S/c1-13(14-8-10-16(22)11-9-14)25-28-12-17-19(18(26)20(27)23-2)29-21(24-17)15-6-4-3-5-7-15/h3-11,18,26H,12H2,1-2H3,(H,23,27). The SMILES string of the molecule is CNC(=O)C(O)c1sc(-c2ccccc2)nc1CON=C(C)c1ccc(Cl)cc1. The summed E-state index contributed by atoms with van der Waals surface area (Å²) in [5.74, 6) is -0.504. The Labute approximate surface area is 177 Å². The minimum atomic E-state index is -1.32. The van der Waals surface area contributed by atoms with Gasteiger partial charge in [-0.25, -0.2) is 4.98 Å². The Morgan fingerprint density at radius 2 is 1.93 bits per heavy atom. The number of carbonyl (C=O) groups is 1. The molecule has 2 N–H and O–H groups in total. The third-order valence-corrected chi connectivity index (χ3v) is 5.61. The number of aliphatic hydroxyl groups is 1. The molecule has 3 aromatic rings. The highest BCUT2D eigenvalue weighted by atomic mass is 35.5. The van der Waals surface area contributed by atoms with Crippen LogP contribution in [0, 0.1) is 0 Å². The lowest BCUT2D eigenvalue weighted by Gasteiger charge is -2.08. The molecule has 0 radical (unpaired) electrons. The van der Waals surface area contributed by atoms with Crippen molar-refractivity contribution in [1.82, 2.24) is 10.3 Å². The normalized spacial score (nSPS) is 12.5. The molecule has 3 rings (SSSR count). The summed E-state index contributed by atoms with van der Waals surface area (Å²) < 4.78 is 0. The molecule has 1 atom stereocenters. The van der Waals surface area contributed by atoms with Gasteiger partial charge in [0.15, 0.2) is 12.7 Å². The van der Waals surface area contributed by atoms with Gasteiger partial charge in [0.25, 0.3) is 5.91 Å². The van der Waals surface area contributed by atoms with Crippen LogP contribution in [0.15, 0.2) is 59.8 Å². The number of aliphatic hydroxyl groups excluding tert-OH is 1. The molecule has 0 saturated heterocycles. The van der Waals surface area contributed by atoms with E-state index in [2.05, 4.69) is 15.5 Å². The smallest absolute Gasteiger partial charge is 0.254 e. The van der Waals surface area contributed by atoms with Crippen LogP contribution in [0.5, 0.6) is 0 Å². The monoisotopic (exact) mass is 429 g/mol. The topological polar surface area (TPSA) is 83.8 Å². The summed E-state index contributed by atoms with van der Waals surface area (Å²) in [4.78, 5) is 22.4. The maximum absolute atomic E-state index is 11.9. The van der Waals surface area contributed by atoms with Crippen molar-refractivity contribution in [3.63, 3.8) is 0 Å². The second kappa shape index (κ2) is 9.65. The van der Waals surface area contributed by atoms with Gasteiger partial charge in [-0.15, -0.1) is 11.3 Å². The molecule has 0 aliphatic heterocycles. The number of amides is 1. The number of nitrogens with zero attached hydrogens (tertiary/aromatic N) is 2. The van der Waals surface area contributed by atoms with Crippen molar-refractivity contribution >= 4 is 34.6 Å². The average molecular weight is 430 g/mol. The molecular formula is C21H20ClN3O3S. The summed E-state index contributed by atoms with van der Waals surface area (Å²) in [5, 5.41) is 18.3. The first-order valence-corrected chi connectivity index (χ1v) is 10.1. The van der Waals surface area contributed by atoms with Crippen molar-refractivity contribution in [2.45, 2.75) is 19.6 Å². The highest BCUT2D eigenvalue weighted by molar-refractivity contribution is 7.15. The molecule has 0 fully saturated rings. The zero-order chi connectivity index (χ0) is 20.8. The number of aromatic nitrogens is 1. The van der Waals surface area contributed by atoms with Crippen molar-refractivity contribution in [1.29, 1.82) is 0 Å². The Bertz CT molecular complexity index is 1000. The van der Waals surface area contributed by atoms with Crippen LogP contribution in [-0.4, -0.2) is 28.8 Å². The van der Waals surface area contributed by atoms with E-state index in [9.17, 15) is 9.90 Å². The van der Waals surface area contributed by atoms with Crippen molar-refractivity contribution in [2.24, 2.45) is 5.16 Å². The number of thiazole rings is 1. The number of oxime groups is 1. The quantitative estimate of drug-likeness (QED) is 0.436. The highest BCUT2D eigenvalue weighted by Crippen LogP contribution is 2.32. The van der Waals surface area contributed by atoms with Crippen molar-refractivity contribution in [3.05, 3.63) is 75.8 Å². The zero-order valence-corrected chi connectivity index (χ0v) is 17.5. The second-order valence-corrected chi connectivity index (χ2v) is 7.64. The lowest BCUT2D eigenvalue weighted by atomic mass is 10.1. The van der Waals surface area contributed by atoms with Gasteiger partial charge < -0.3 is 15.3 Å². The Morgan fingerprint density at radius 3 is 2.59 bits per heavy atom. The lowest BCUT2D eigenvalue weighted by Crippen LogP contribution is -2.25. The molecule has 0 aliphatic rings. The lowest BCUT2D eigenvalue weighted by molar-refractivity contribution is -0.129. The van der Waals surface area contributed by atoms with Crippen LogP contribution in [0.2, 0.25) is 5.02 Å². The molecule has 2 aromatic carbocycles. The van der Waals surface area contributed by atoms with Gasteiger partial charge in [0.05, 0.1) is 16.3 Å². The molecule has 1 heterocycles. The fraction of sp³-hybridized carbons (Fsp3) is 0.190. The third-order valence-electron chi connectivity index (χ3n) is 4.16. The summed E-state index contributed by atoms with van der Waals surface area (Å²) >= 11 is 7.16. The fourth-order valence-electron chi connectivity index (χ4n) is 2.57. The third kappa shape index (κ3) is 5.20. The Morgan fingerprint density at radius 1 is 1.24 bits per heavy atom. The molecule has 0 saturated carbocycles. The van der Waals surface area contributed by atoms with E-state index in [-0.39, 0.29) is 6.61 Å². The van der Waals surface area contributed by atoms with Gasteiger partial charge in [0.1, 0.15) is 5.01 Å². The van der Waals surface area contributed by atoms with E-state index < -0.39 is 12.0 Å². The molecular weight excluding hydrogens is 410 g/mol. The van der Waals surface area contributed by atoms with E-state index in [0.29, 0.717) is 26.3 Å². The summed E-state index contributed by atoms with van der Waals surface area (Å²) in [6, 6.07) is 16.8. The van der Waals surface area contributed by atoms with E-state index in [1.54, 1.807) is 12.1 Å². The minimum Gasteiger partial charge on any atom is -0.389 e. The molecule has 0 spiro atoms. The van der Waals surface area contributed by atoms with E-state index >= 15 is 0 Å². The van der Waals surface area contributed by atoms with Crippen LogP contribution >= 0.6 is 22.9 Å². The van der Waals surface area contributed by atoms with Gasteiger partial charge in [-0.3, -0.25) is 4.79 Å². The van der Waals surface area contributed by atoms with Crippen LogP contribution in [-0.2, 0) is 16.2 Å². The second-order valence-electron chi connectivity index (χ2n) is 6.17. The summed E-state index contributed by atoms with van der Waals surface area (Å²) in [7, 11) is 1.47. The number of hydrogen-bond acceptors (Lipinski definition) is 6. The van der Waals surface area contributed by atoms with Gasteiger partial charge in [-0.2, -0.15) is 0 Å². The summed E-state index contributed by atoms with van der Waals surface area (Å²) in [6.07, 6.45) is -1.32. The number of likely N-dealkylation sites (N-methyl/N-ethyl adjacent to an activating group) is 1. The van der Waals surface area contributed by atoms with Gasteiger partial charge in [-0.05, 0) is 24.6 Å². The van der Waals surface area contributed by atoms with Gasteiger partial charge in [0.2, 0.25) is 0 Å². The fourth-order valence-corrected chi connectivity index (χ4v) is 3.76. The molecule has 0 aliphatic carbocycles. The molecule has 1 aromatic heterocycles. The van der Waals surface area contributed by atoms with Gasteiger partial charge in [0, 0.05) is 17.6 Å². The number of halogens is 1. The number of rotatable bonds is 7. The Balaban J connectivity index is 1.83. The predicted molar refractivity (Wildman–Crippen MR) is 115 cm³/mol. The van der Waals surface area contributed by atoms with Crippen LogP contribution in [0.25, 0.3) is 10.6 Å². The van der Waals surface area contributed by atoms with E-state index in [1.807, 2.05) is 49.4 Å². The first-order valence-electron chi connectivity index (χ1n) is 8.86. The van der Waals surface area contributed by atoms with E-state index in [4.69, 9.17) is 16.4 Å². The van der Waals surface area contributed by atoms with Gasteiger partial charge >= 0.3 is 0 Å². The molecule has 1 unspecified atom stereocenters. The minimum absolute atomic E-state index is 0.0254. The van der Waals surface area contributed by atoms with Crippen LogP contribution < -0.4 is 5.32 Å². The van der Waals surface area contributed by atoms with E-state index in [0.717, 1.165) is 11.1 Å². The van der Waals surface area contributed by atoms with E-state index in [1.165, 1.54) is 18.4 Å². The summed E-state index contributed by atoms with van der Waals surface area (Å²) in [5.41, 5.74) is 2.92. The largest absolute Gasteiger partial charge is 0.389 e. The molecule has 8 heteroatoms. The van der Waals surface area contributed by atoms with Crippen molar-refractivity contribution in [3.8, 4) is 10.6 Å². The Hall–Kier alpha value is -2.74. The predicted octanol–water partition coefficient (Wildman–Crippen LogP) is 4.18. The molecule has 29 heavy (non-hydrogen) atoms. The highest BCUT2D eigenvalue weighted by Gasteiger charge is 2.24. The molecule has 150 valence electrons. The van der Waals surface area contributed by atoms with Crippen LogP contribution in [0.3, 0.4) is 0 Å². The summed E-state index contributed by atoms with van der Waals surface area (Å²) in [6.45, 7) is 1.84. The Kier molecular flexibility index (Phi) is 6.98. The number of carbonyl (C=O) groups excluding carboxylic acids is 1. The van der Waals surface area contributed by atoms with Crippen molar-refractivity contribution < 1.29 is 14.7 Å². The number of nitrogens with one attached hydrogen (secondary N) is 1. The molecule has 1 amide bonds. The molecule has 6 nitrogen and oxygen atoms in total. The molecule has 0 bridgehead atoms. The van der Waals surface area contributed by atoms with Gasteiger partial charge in [-0.1, -0.05) is 59.2 Å². The first-order chi connectivity index (χ1) is 14.0. The maximum atomic E-state index is 11.9. The zero-order valence-electron chi connectivity index (χ0n) is 15.9. The average Bonchev–Trinajstić information content (AvgIpc) is 3.17. The number of benzene rings is 2.